The first-order chi connectivity index (χ1) is 14.2. The van der Waals surface area contributed by atoms with Crippen molar-refractivity contribution in [3.63, 3.8) is 0 Å². The van der Waals surface area contributed by atoms with Gasteiger partial charge < -0.3 is 19.4 Å². The summed E-state index contributed by atoms with van der Waals surface area (Å²) in [5, 5.41) is 2.69. The molecule has 0 aliphatic carbocycles. The van der Waals surface area contributed by atoms with Crippen LogP contribution in [0, 0.1) is 5.92 Å². The number of hydrogen-bond donors (Lipinski definition) is 3. The zero-order valence-electron chi connectivity index (χ0n) is 17.4. The summed E-state index contributed by atoms with van der Waals surface area (Å²) in [5.74, 6) is -0.837. The molecule has 0 spiro atoms. The maximum Gasteiger partial charge on any atom is 0.286 e. The number of benzene rings is 1. The molecule has 2 rings (SSSR count). The van der Waals surface area contributed by atoms with Crippen molar-refractivity contribution in [1.29, 1.82) is 0 Å². The second-order valence-electron chi connectivity index (χ2n) is 6.89. The Hall–Kier alpha value is -3.01. The Kier molecular flexibility index (Phi) is 7.87. The molecule has 0 saturated carbocycles. The van der Waals surface area contributed by atoms with Crippen LogP contribution in [-0.4, -0.2) is 42.6 Å². The van der Waals surface area contributed by atoms with Crippen molar-refractivity contribution in [2.45, 2.75) is 19.9 Å². The lowest BCUT2D eigenvalue weighted by molar-refractivity contribution is -0.124. The first kappa shape index (κ1) is 23.3. The molecule has 162 valence electrons. The van der Waals surface area contributed by atoms with Crippen molar-refractivity contribution < 1.29 is 23.9 Å². The minimum atomic E-state index is -0.879. The lowest BCUT2D eigenvalue weighted by Gasteiger charge is -2.22. The van der Waals surface area contributed by atoms with Gasteiger partial charge in [0.15, 0.2) is 0 Å². The second kappa shape index (κ2) is 10.1. The zero-order valence-corrected chi connectivity index (χ0v) is 19.0. The SMILES string of the molecule is COc1cc(OC)cc(C(=O)N[C@H](C(=O)NNC(=O)c2cc(Br)cn2C)C(C)C)c1. The maximum atomic E-state index is 12.7. The second-order valence-corrected chi connectivity index (χ2v) is 7.81. The van der Waals surface area contributed by atoms with Gasteiger partial charge in [0.1, 0.15) is 23.2 Å². The van der Waals surface area contributed by atoms with E-state index in [0.717, 1.165) is 4.47 Å². The molecule has 2 aromatic rings. The zero-order chi connectivity index (χ0) is 22.4. The van der Waals surface area contributed by atoms with Crippen molar-refractivity contribution >= 4 is 33.7 Å². The smallest absolute Gasteiger partial charge is 0.286 e. The van der Waals surface area contributed by atoms with E-state index in [4.69, 9.17) is 9.47 Å². The Labute approximate surface area is 183 Å². The molecule has 3 amide bonds. The summed E-state index contributed by atoms with van der Waals surface area (Å²) in [6.07, 6.45) is 1.72. The molecule has 0 radical (unpaired) electrons. The minimum absolute atomic E-state index is 0.234. The van der Waals surface area contributed by atoms with Crippen molar-refractivity contribution in [1.82, 2.24) is 20.7 Å². The predicted molar refractivity (Wildman–Crippen MR) is 114 cm³/mol. The number of nitrogens with one attached hydrogen (secondary N) is 3. The van der Waals surface area contributed by atoms with Crippen molar-refractivity contribution in [2.75, 3.05) is 14.2 Å². The van der Waals surface area contributed by atoms with Crippen molar-refractivity contribution in [2.24, 2.45) is 13.0 Å². The summed E-state index contributed by atoms with van der Waals surface area (Å²) in [7, 11) is 4.67. The lowest BCUT2D eigenvalue weighted by atomic mass is 10.0. The van der Waals surface area contributed by atoms with Gasteiger partial charge in [-0.2, -0.15) is 0 Å². The van der Waals surface area contributed by atoms with Crippen LogP contribution < -0.4 is 25.6 Å². The number of aryl methyl sites for hydroxylation is 1. The fourth-order valence-corrected chi connectivity index (χ4v) is 3.23. The summed E-state index contributed by atoms with van der Waals surface area (Å²) < 4.78 is 12.7. The van der Waals surface area contributed by atoms with Gasteiger partial charge in [-0.15, -0.1) is 0 Å². The van der Waals surface area contributed by atoms with Gasteiger partial charge in [0.2, 0.25) is 0 Å². The highest BCUT2D eigenvalue weighted by atomic mass is 79.9. The van der Waals surface area contributed by atoms with E-state index in [1.807, 2.05) is 0 Å². The standard InChI is InChI=1S/C20H25BrN4O5/c1-11(2)17(20(28)24-23-19(27)16-8-13(21)10-25(16)3)22-18(26)12-6-14(29-4)9-15(7-12)30-5/h6-11,17H,1-5H3,(H,22,26)(H,23,27)(H,24,28)/t17-/m0/s1. The molecule has 1 heterocycles. The normalized spacial score (nSPS) is 11.6. The molecule has 30 heavy (non-hydrogen) atoms. The summed E-state index contributed by atoms with van der Waals surface area (Å²) in [4.78, 5) is 37.6. The van der Waals surface area contributed by atoms with Crippen LogP contribution in [0.1, 0.15) is 34.7 Å². The quantitative estimate of drug-likeness (QED) is 0.525. The molecule has 3 N–H and O–H groups in total. The van der Waals surface area contributed by atoms with Gasteiger partial charge >= 0.3 is 0 Å². The molecule has 0 bridgehead atoms. The summed E-state index contributed by atoms with van der Waals surface area (Å²) in [5.41, 5.74) is 5.37. The highest BCUT2D eigenvalue weighted by Crippen LogP contribution is 2.22. The highest BCUT2D eigenvalue weighted by Gasteiger charge is 2.26. The molecule has 10 heteroatoms. The van der Waals surface area contributed by atoms with E-state index in [0.29, 0.717) is 17.2 Å². The number of rotatable bonds is 7. The number of amides is 3. The van der Waals surface area contributed by atoms with Crippen LogP contribution in [0.15, 0.2) is 34.9 Å². The van der Waals surface area contributed by atoms with Crippen LogP contribution in [0.5, 0.6) is 11.5 Å². The average molecular weight is 481 g/mol. The third-order valence-electron chi connectivity index (χ3n) is 4.35. The number of methoxy groups -OCH3 is 2. The van der Waals surface area contributed by atoms with Crippen molar-refractivity contribution in [3.05, 3.63) is 46.2 Å². The molecule has 9 nitrogen and oxygen atoms in total. The Morgan fingerprint density at radius 1 is 0.967 bits per heavy atom. The van der Waals surface area contributed by atoms with E-state index in [2.05, 4.69) is 32.1 Å². The van der Waals surface area contributed by atoms with E-state index in [-0.39, 0.29) is 11.5 Å². The van der Waals surface area contributed by atoms with E-state index in [1.54, 1.807) is 55.9 Å². The third kappa shape index (κ3) is 5.76. The molecule has 0 aliphatic rings. The minimum Gasteiger partial charge on any atom is -0.497 e. The van der Waals surface area contributed by atoms with Crippen LogP contribution in [0.4, 0.5) is 0 Å². The Morgan fingerprint density at radius 3 is 2.03 bits per heavy atom. The lowest BCUT2D eigenvalue weighted by Crippen LogP contribution is -2.54. The van der Waals surface area contributed by atoms with Crippen LogP contribution in [0.2, 0.25) is 0 Å². The van der Waals surface area contributed by atoms with E-state index < -0.39 is 23.8 Å². The Balaban J connectivity index is 2.08. The van der Waals surface area contributed by atoms with E-state index in [9.17, 15) is 14.4 Å². The molecular formula is C20H25BrN4O5. The summed E-state index contributed by atoms with van der Waals surface area (Å²) >= 11 is 3.29. The largest absolute Gasteiger partial charge is 0.497 e. The van der Waals surface area contributed by atoms with Crippen LogP contribution >= 0.6 is 15.9 Å². The monoisotopic (exact) mass is 480 g/mol. The molecular weight excluding hydrogens is 456 g/mol. The van der Waals surface area contributed by atoms with Gasteiger partial charge in [-0.1, -0.05) is 13.8 Å². The van der Waals surface area contributed by atoms with Gasteiger partial charge in [-0.25, -0.2) is 0 Å². The van der Waals surface area contributed by atoms with Gasteiger partial charge in [-0.3, -0.25) is 25.2 Å². The van der Waals surface area contributed by atoms with Gasteiger partial charge in [0, 0.05) is 29.3 Å². The van der Waals surface area contributed by atoms with Gasteiger partial charge in [0.25, 0.3) is 17.7 Å². The number of hydrogen-bond acceptors (Lipinski definition) is 5. The van der Waals surface area contributed by atoms with Gasteiger partial charge in [-0.05, 0) is 40.0 Å². The number of halogens is 1. The van der Waals surface area contributed by atoms with Crippen LogP contribution in [-0.2, 0) is 11.8 Å². The fourth-order valence-electron chi connectivity index (χ4n) is 2.71. The van der Waals surface area contributed by atoms with Crippen LogP contribution in [0.3, 0.4) is 0 Å². The molecule has 1 aromatic heterocycles. The molecule has 0 unspecified atom stereocenters. The van der Waals surface area contributed by atoms with Crippen LogP contribution in [0.25, 0.3) is 0 Å². The molecule has 0 aliphatic heterocycles. The topological polar surface area (TPSA) is 111 Å². The average Bonchev–Trinajstić information content (AvgIpc) is 3.06. The summed E-state index contributed by atoms with van der Waals surface area (Å²) in [6, 6.07) is 5.47. The summed E-state index contributed by atoms with van der Waals surface area (Å²) in [6.45, 7) is 3.57. The predicted octanol–water partition coefficient (Wildman–Crippen LogP) is 2.02. The molecule has 1 aromatic carbocycles. The van der Waals surface area contributed by atoms with E-state index >= 15 is 0 Å². The molecule has 1 atom stereocenters. The first-order valence-electron chi connectivity index (χ1n) is 9.12. The number of nitrogens with zero attached hydrogens (tertiary/aromatic N) is 1. The first-order valence-corrected chi connectivity index (χ1v) is 9.91. The Morgan fingerprint density at radius 2 is 1.57 bits per heavy atom. The highest BCUT2D eigenvalue weighted by molar-refractivity contribution is 9.10. The van der Waals surface area contributed by atoms with Gasteiger partial charge in [0.05, 0.1) is 14.2 Å². The van der Waals surface area contributed by atoms with Crippen molar-refractivity contribution in [3.8, 4) is 11.5 Å². The van der Waals surface area contributed by atoms with E-state index in [1.165, 1.54) is 14.2 Å². The number of hydrazine groups is 1. The third-order valence-corrected chi connectivity index (χ3v) is 4.79. The Bertz CT molecular complexity index is 919. The number of carbonyl (C=O) groups is 3. The maximum absolute atomic E-state index is 12.7. The number of ether oxygens (including phenoxy) is 2. The molecule has 0 saturated heterocycles. The fraction of sp³-hybridized carbons (Fsp3) is 0.350. The number of carbonyl (C=O) groups excluding carboxylic acids is 3. The molecule has 0 fully saturated rings. The number of aromatic nitrogens is 1.